The average Bonchev–Trinajstić information content (AvgIpc) is 2.39. The van der Waals surface area contributed by atoms with Crippen LogP contribution in [-0.4, -0.2) is 43.8 Å². The van der Waals surface area contributed by atoms with Crippen molar-refractivity contribution in [1.29, 1.82) is 0 Å². The molecule has 0 atom stereocenters. The van der Waals surface area contributed by atoms with Gasteiger partial charge >= 0.3 is 6.36 Å². The van der Waals surface area contributed by atoms with Crippen LogP contribution < -0.4 is 15.8 Å². The molecule has 122 valence electrons. The van der Waals surface area contributed by atoms with Crippen molar-refractivity contribution in [3.05, 3.63) is 24.3 Å². The molecule has 9 heteroatoms. The van der Waals surface area contributed by atoms with E-state index in [0.29, 0.717) is 0 Å². The summed E-state index contributed by atoms with van der Waals surface area (Å²) >= 11 is 0. The maximum Gasteiger partial charge on any atom is 0.573 e. The predicted molar refractivity (Wildman–Crippen MR) is 76.5 cm³/mol. The summed E-state index contributed by atoms with van der Waals surface area (Å²) in [5.41, 5.74) is 5.61. The van der Waals surface area contributed by atoms with E-state index >= 15 is 0 Å². The first-order valence-electron chi connectivity index (χ1n) is 6.31. The lowest BCUT2D eigenvalue weighted by Crippen LogP contribution is -2.26. The Morgan fingerprint density at radius 1 is 1.36 bits per heavy atom. The Kier molecular flexibility index (Phi) is 6.02. The van der Waals surface area contributed by atoms with Crippen LogP contribution >= 0.6 is 0 Å². The number of nitrogens with zero attached hydrogens (tertiary/aromatic N) is 2. The van der Waals surface area contributed by atoms with Gasteiger partial charge in [0.2, 0.25) is 5.91 Å². The second kappa shape index (κ2) is 7.53. The zero-order chi connectivity index (χ0) is 16.8. The van der Waals surface area contributed by atoms with E-state index in [2.05, 4.69) is 15.0 Å². The second-order valence-corrected chi connectivity index (χ2v) is 4.47. The van der Waals surface area contributed by atoms with Gasteiger partial charge in [-0.2, -0.15) is 0 Å². The van der Waals surface area contributed by atoms with Crippen molar-refractivity contribution in [3.8, 4) is 5.75 Å². The van der Waals surface area contributed by atoms with E-state index in [9.17, 15) is 18.0 Å². The summed E-state index contributed by atoms with van der Waals surface area (Å²) in [4.78, 5) is 16.6. The number of hydrogen-bond acceptors (Lipinski definition) is 3. The van der Waals surface area contributed by atoms with Crippen LogP contribution in [0.3, 0.4) is 0 Å². The van der Waals surface area contributed by atoms with Crippen molar-refractivity contribution in [2.45, 2.75) is 12.8 Å². The van der Waals surface area contributed by atoms with Crippen molar-refractivity contribution < 1.29 is 22.7 Å². The molecule has 1 amide bonds. The fourth-order valence-electron chi connectivity index (χ4n) is 1.46. The molecule has 0 bridgehead atoms. The second-order valence-electron chi connectivity index (χ2n) is 4.47. The number of halogens is 3. The molecule has 6 nitrogen and oxygen atoms in total. The Balaban J connectivity index is 2.68. The van der Waals surface area contributed by atoms with Gasteiger partial charge in [-0.25, -0.2) is 0 Å². The maximum atomic E-state index is 12.3. The van der Waals surface area contributed by atoms with Crippen molar-refractivity contribution in [1.82, 2.24) is 4.90 Å². The van der Waals surface area contributed by atoms with Crippen LogP contribution in [-0.2, 0) is 4.79 Å². The number of para-hydroxylation sites is 2. The van der Waals surface area contributed by atoms with Crippen molar-refractivity contribution in [2.24, 2.45) is 10.7 Å². The molecular formula is C13H17F3N4O2. The van der Waals surface area contributed by atoms with Crippen LogP contribution in [0.15, 0.2) is 29.3 Å². The molecule has 0 fully saturated rings. The van der Waals surface area contributed by atoms with Gasteiger partial charge in [0, 0.05) is 20.5 Å². The molecule has 0 aliphatic rings. The quantitative estimate of drug-likeness (QED) is 0.641. The number of ether oxygens (including phenoxy) is 1. The van der Waals surface area contributed by atoms with E-state index in [0.717, 1.165) is 6.07 Å². The summed E-state index contributed by atoms with van der Waals surface area (Å²) in [6.07, 6.45) is -4.65. The predicted octanol–water partition coefficient (Wildman–Crippen LogP) is 1.79. The molecule has 0 aliphatic carbocycles. The smallest absolute Gasteiger partial charge is 0.404 e. The third kappa shape index (κ3) is 6.33. The van der Waals surface area contributed by atoms with Gasteiger partial charge in [-0.3, -0.25) is 9.79 Å². The van der Waals surface area contributed by atoms with Crippen LogP contribution in [0.2, 0.25) is 0 Å². The van der Waals surface area contributed by atoms with Crippen molar-refractivity contribution >= 4 is 17.6 Å². The Hall–Kier alpha value is -2.45. The van der Waals surface area contributed by atoms with E-state index in [1.54, 1.807) is 14.1 Å². The van der Waals surface area contributed by atoms with Gasteiger partial charge in [-0.05, 0) is 12.1 Å². The fourth-order valence-corrected chi connectivity index (χ4v) is 1.46. The first kappa shape index (κ1) is 17.6. The van der Waals surface area contributed by atoms with Gasteiger partial charge in [0.15, 0.2) is 11.7 Å². The average molecular weight is 318 g/mol. The Labute approximate surface area is 125 Å². The lowest BCUT2D eigenvalue weighted by atomic mass is 10.3. The SMILES string of the molecule is CN(C)C(=O)CCN=C(N)Nc1ccccc1OC(F)(F)F. The number of aliphatic imine (C=N–C) groups is 1. The molecular weight excluding hydrogens is 301 g/mol. The van der Waals surface area contributed by atoms with Crippen LogP contribution in [0, 0.1) is 0 Å². The van der Waals surface area contributed by atoms with Gasteiger partial charge in [0.1, 0.15) is 0 Å². The van der Waals surface area contributed by atoms with Crippen molar-refractivity contribution in [3.63, 3.8) is 0 Å². The Morgan fingerprint density at radius 2 is 2.00 bits per heavy atom. The van der Waals surface area contributed by atoms with Crippen molar-refractivity contribution in [2.75, 3.05) is 26.0 Å². The van der Waals surface area contributed by atoms with Crippen LogP contribution in [0.1, 0.15) is 6.42 Å². The zero-order valence-corrected chi connectivity index (χ0v) is 12.1. The summed E-state index contributed by atoms with van der Waals surface area (Å²) in [7, 11) is 3.22. The van der Waals surface area contributed by atoms with E-state index in [-0.39, 0.29) is 30.5 Å². The zero-order valence-electron chi connectivity index (χ0n) is 12.1. The normalized spacial score (nSPS) is 12.0. The monoisotopic (exact) mass is 318 g/mol. The minimum Gasteiger partial charge on any atom is -0.404 e. The highest BCUT2D eigenvalue weighted by atomic mass is 19.4. The molecule has 3 N–H and O–H groups in total. The lowest BCUT2D eigenvalue weighted by Gasteiger charge is -2.14. The molecule has 0 spiro atoms. The van der Waals surface area contributed by atoms with Gasteiger partial charge in [-0.1, -0.05) is 12.1 Å². The molecule has 0 unspecified atom stereocenters. The van der Waals surface area contributed by atoms with Crippen LogP contribution in [0.4, 0.5) is 18.9 Å². The van der Waals surface area contributed by atoms with Crippen LogP contribution in [0.5, 0.6) is 5.75 Å². The molecule has 1 aromatic carbocycles. The van der Waals surface area contributed by atoms with Gasteiger partial charge < -0.3 is 20.7 Å². The molecule has 1 rings (SSSR count). The van der Waals surface area contributed by atoms with Gasteiger partial charge in [0.05, 0.1) is 12.2 Å². The molecule has 0 aliphatic heterocycles. The number of alkyl halides is 3. The summed E-state index contributed by atoms with van der Waals surface area (Å²) in [6, 6.07) is 5.44. The highest BCUT2D eigenvalue weighted by Crippen LogP contribution is 2.29. The fraction of sp³-hybridized carbons (Fsp3) is 0.385. The van der Waals surface area contributed by atoms with E-state index in [4.69, 9.17) is 5.73 Å². The summed E-state index contributed by atoms with van der Waals surface area (Å²) in [5, 5.41) is 2.51. The van der Waals surface area contributed by atoms with Gasteiger partial charge in [0.25, 0.3) is 0 Å². The number of nitrogens with one attached hydrogen (secondary N) is 1. The molecule has 22 heavy (non-hydrogen) atoms. The number of carbonyl (C=O) groups is 1. The molecule has 0 aromatic heterocycles. The summed E-state index contributed by atoms with van der Waals surface area (Å²) in [5.74, 6) is -0.653. The molecule has 0 saturated heterocycles. The minimum atomic E-state index is -4.80. The largest absolute Gasteiger partial charge is 0.573 e. The maximum absolute atomic E-state index is 12.3. The number of amides is 1. The lowest BCUT2D eigenvalue weighted by molar-refractivity contribution is -0.274. The molecule has 0 saturated carbocycles. The minimum absolute atomic E-state index is 0.0278. The first-order chi connectivity index (χ1) is 10.2. The van der Waals surface area contributed by atoms with E-state index in [1.165, 1.54) is 23.1 Å². The number of nitrogens with two attached hydrogens (primary N) is 1. The number of anilines is 1. The number of rotatable bonds is 5. The summed E-state index contributed by atoms with van der Waals surface area (Å²) < 4.78 is 40.7. The Bertz CT molecular complexity index is 544. The topological polar surface area (TPSA) is 80.0 Å². The molecule has 0 heterocycles. The highest BCUT2D eigenvalue weighted by Gasteiger charge is 2.32. The van der Waals surface area contributed by atoms with Crippen LogP contribution in [0.25, 0.3) is 0 Å². The molecule has 1 aromatic rings. The highest BCUT2D eigenvalue weighted by molar-refractivity contribution is 5.93. The standard InChI is InChI=1S/C13H17F3N4O2/c1-20(2)11(21)7-8-18-12(17)19-9-5-3-4-6-10(9)22-13(14,15)16/h3-6H,7-8H2,1-2H3,(H3,17,18,19). The third-order valence-corrected chi connectivity index (χ3v) is 2.48. The van der Waals surface area contributed by atoms with Gasteiger partial charge in [-0.15, -0.1) is 13.2 Å². The Morgan fingerprint density at radius 3 is 2.59 bits per heavy atom. The van der Waals surface area contributed by atoms with E-state index in [1.807, 2.05) is 0 Å². The molecule has 0 radical (unpaired) electrons. The first-order valence-corrected chi connectivity index (χ1v) is 6.31. The number of carbonyl (C=O) groups excluding carboxylic acids is 1. The number of benzene rings is 1. The number of hydrogen-bond donors (Lipinski definition) is 2. The van der Waals surface area contributed by atoms with E-state index < -0.39 is 12.1 Å². The third-order valence-electron chi connectivity index (χ3n) is 2.48. The number of guanidine groups is 1. The summed E-state index contributed by atoms with van der Waals surface area (Å²) in [6.45, 7) is 0.123.